The van der Waals surface area contributed by atoms with Gasteiger partial charge in [0, 0.05) is 11.8 Å². The van der Waals surface area contributed by atoms with Gasteiger partial charge in [-0.2, -0.15) is 0 Å². The molecule has 17 heavy (non-hydrogen) atoms. The summed E-state index contributed by atoms with van der Waals surface area (Å²) in [6.07, 6.45) is 0. The molecular weight excluding hydrogens is 222 g/mol. The first-order chi connectivity index (χ1) is 7.71. The Morgan fingerprint density at radius 3 is 2.35 bits per heavy atom. The number of esters is 1. The Morgan fingerprint density at radius 1 is 1.29 bits per heavy atom. The van der Waals surface area contributed by atoms with E-state index >= 15 is 0 Å². The number of rotatable bonds is 2. The molecule has 5 nitrogen and oxygen atoms in total. The number of ether oxygens (including phenoxy) is 1. The molecule has 0 radical (unpaired) electrons. The third-order valence-corrected chi connectivity index (χ3v) is 2.05. The topological polar surface area (TPSA) is 89.6 Å². The van der Waals surface area contributed by atoms with E-state index in [-0.39, 0.29) is 11.3 Å². The predicted octanol–water partition coefficient (Wildman–Crippen LogP) is 1.92. The average Bonchev–Trinajstić information content (AvgIpc) is 2.15. The third kappa shape index (κ3) is 3.21. The van der Waals surface area contributed by atoms with Crippen LogP contribution in [0.15, 0.2) is 18.2 Å². The fraction of sp³-hybridized carbons (Fsp3) is 0.333. The van der Waals surface area contributed by atoms with Crippen molar-refractivity contribution >= 4 is 17.6 Å². The average molecular weight is 237 g/mol. The van der Waals surface area contributed by atoms with Crippen molar-refractivity contribution in [1.82, 2.24) is 0 Å². The van der Waals surface area contributed by atoms with Gasteiger partial charge in [-0.05, 0) is 32.9 Å². The van der Waals surface area contributed by atoms with Gasteiger partial charge in [0.05, 0.1) is 5.41 Å². The lowest BCUT2D eigenvalue weighted by molar-refractivity contribution is -0.143. The Kier molecular flexibility index (Phi) is 3.41. The SMILES string of the molecule is CC(C)(C)C(=O)Oc1cc(N)ccc1C(=O)O. The molecule has 1 aromatic rings. The van der Waals surface area contributed by atoms with Crippen molar-refractivity contribution in [3.63, 3.8) is 0 Å². The van der Waals surface area contributed by atoms with Gasteiger partial charge < -0.3 is 15.6 Å². The number of hydrogen-bond donors (Lipinski definition) is 2. The maximum Gasteiger partial charge on any atom is 0.339 e. The van der Waals surface area contributed by atoms with Crippen LogP contribution >= 0.6 is 0 Å². The van der Waals surface area contributed by atoms with Crippen molar-refractivity contribution in [2.24, 2.45) is 5.41 Å². The van der Waals surface area contributed by atoms with E-state index in [0.29, 0.717) is 5.69 Å². The summed E-state index contributed by atoms with van der Waals surface area (Å²) >= 11 is 0. The van der Waals surface area contributed by atoms with E-state index in [1.165, 1.54) is 18.2 Å². The number of carboxylic acid groups (broad SMARTS) is 1. The molecule has 0 atom stereocenters. The van der Waals surface area contributed by atoms with Crippen LogP contribution in [-0.4, -0.2) is 17.0 Å². The van der Waals surface area contributed by atoms with Crippen LogP contribution < -0.4 is 10.5 Å². The van der Waals surface area contributed by atoms with Gasteiger partial charge in [0.25, 0.3) is 0 Å². The summed E-state index contributed by atoms with van der Waals surface area (Å²) in [4.78, 5) is 22.6. The zero-order valence-corrected chi connectivity index (χ0v) is 9.98. The van der Waals surface area contributed by atoms with Gasteiger partial charge in [-0.1, -0.05) is 0 Å². The molecule has 0 bridgehead atoms. The monoisotopic (exact) mass is 237 g/mol. The van der Waals surface area contributed by atoms with E-state index in [1.807, 2.05) is 0 Å². The van der Waals surface area contributed by atoms with Gasteiger partial charge in [0.2, 0.25) is 0 Å². The van der Waals surface area contributed by atoms with Crippen molar-refractivity contribution in [1.29, 1.82) is 0 Å². The number of aromatic carboxylic acids is 1. The first kappa shape index (κ1) is 13.0. The normalized spacial score (nSPS) is 11.0. The maximum absolute atomic E-state index is 11.7. The summed E-state index contributed by atoms with van der Waals surface area (Å²) in [6.45, 7) is 5.05. The van der Waals surface area contributed by atoms with Crippen LogP contribution in [0.3, 0.4) is 0 Å². The Bertz CT molecular complexity index is 460. The van der Waals surface area contributed by atoms with E-state index in [4.69, 9.17) is 15.6 Å². The van der Waals surface area contributed by atoms with E-state index in [9.17, 15) is 9.59 Å². The number of benzene rings is 1. The molecule has 0 saturated heterocycles. The quantitative estimate of drug-likeness (QED) is 0.466. The highest BCUT2D eigenvalue weighted by Crippen LogP contribution is 2.25. The standard InChI is InChI=1S/C12H15NO4/c1-12(2,3)11(16)17-9-6-7(13)4-5-8(9)10(14)15/h4-6H,13H2,1-3H3,(H,14,15). The minimum atomic E-state index is -1.17. The Labute approximate surface area is 99.2 Å². The molecule has 0 unspecified atom stereocenters. The minimum Gasteiger partial charge on any atom is -0.478 e. The van der Waals surface area contributed by atoms with Crippen LogP contribution in [0.2, 0.25) is 0 Å². The summed E-state index contributed by atoms with van der Waals surface area (Å²) in [5.74, 6) is -1.70. The zero-order chi connectivity index (χ0) is 13.2. The molecule has 5 heteroatoms. The number of nitrogens with two attached hydrogens (primary N) is 1. The summed E-state index contributed by atoms with van der Waals surface area (Å²) in [5.41, 5.74) is 5.07. The minimum absolute atomic E-state index is 0.0302. The highest BCUT2D eigenvalue weighted by atomic mass is 16.5. The summed E-state index contributed by atoms with van der Waals surface area (Å²) in [5, 5.41) is 8.94. The number of nitrogen functional groups attached to an aromatic ring is 1. The summed E-state index contributed by atoms with van der Waals surface area (Å²) in [7, 11) is 0. The van der Waals surface area contributed by atoms with Crippen LogP contribution in [0.1, 0.15) is 31.1 Å². The molecule has 0 aromatic heterocycles. The van der Waals surface area contributed by atoms with Gasteiger partial charge in [0.1, 0.15) is 11.3 Å². The summed E-state index contributed by atoms with van der Waals surface area (Å²) in [6, 6.07) is 4.08. The number of anilines is 1. The molecular formula is C12H15NO4. The van der Waals surface area contributed by atoms with Gasteiger partial charge in [-0.3, -0.25) is 4.79 Å². The lowest BCUT2D eigenvalue weighted by atomic mass is 9.97. The van der Waals surface area contributed by atoms with Crippen molar-refractivity contribution in [3.8, 4) is 5.75 Å². The van der Waals surface area contributed by atoms with Gasteiger partial charge in [0.15, 0.2) is 0 Å². The van der Waals surface area contributed by atoms with Gasteiger partial charge >= 0.3 is 11.9 Å². The first-order valence-electron chi connectivity index (χ1n) is 5.07. The summed E-state index contributed by atoms with van der Waals surface area (Å²) < 4.78 is 5.05. The molecule has 0 fully saturated rings. The Hall–Kier alpha value is -2.04. The fourth-order valence-electron chi connectivity index (χ4n) is 1.05. The molecule has 1 rings (SSSR count). The largest absolute Gasteiger partial charge is 0.478 e. The lowest BCUT2D eigenvalue weighted by Crippen LogP contribution is -2.26. The van der Waals surface area contributed by atoms with Crippen molar-refractivity contribution in [2.75, 3.05) is 5.73 Å². The molecule has 0 aliphatic heterocycles. The van der Waals surface area contributed by atoms with Crippen molar-refractivity contribution in [2.45, 2.75) is 20.8 Å². The molecule has 1 aromatic carbocycles. The van der Waals surface area contributed by atoms with Gasteiger partial charge in [-0.25, -0.2) is 4.79 Å². The second kappa shape index (κ2) is 4.45. The molecule has 0 saturated carbocycles. The number of carbonyl (C=O) groups excluding carboxylic acids is 1. The van der Waals surface area contributed by atoms with Crippen LogP contribution in [0, 0.1) is 5.41 Å². The molecule has 0 aliphatic rings. The Morgan fingerprint density at radius 2 is 1.88 bits per heavy atom. The van der Waals surface area contributed by atoms with E-state index in [1.54, 1.807) is 20.8 Å². The molecule has 3 N–H and O–H groups in total. The molecule has 0 aliphatic carbocycles. The molecule has 0 spiro atoms. The molecule has 0 amide bonds. The number of carbonyl (C=O) groups is 2. The first-order valence-corrected chi connectivity index (χ1v) is 5.07. The van der Waals surface area contributed by atoms with Crippen LogP contribution in [0.5, 0.6) is 5.75 Å². The lowest BCUT2D eigenvalue weighted by Gasteiger charge is -2.17. The molecule has 92 valence electrons. The van der Waals surface area contributed by atoms with Gasteiger partial charge in [-0.15, -0.1) is 0 Å². The second-order valence-corrected chi connectivity index (χ2v) is 4.70. The highest BCUT2D eigenvalue weighted by Gasteiger charge is 2.25. The highest BCUT2D eigenvalue weighted by molar-refractivity contribution is 5.93. The van der Waals surface area contributed by atoms with Crippen LogP contribution in [-0.2, 0) is 4.79 Å². The fourth-order valence-corrected chi connectivity index (χ4v) is 1.05. The molecule has 0 heterocycles. The van der Waals surface area contributed by atoms with E-state index in [2.05, 4.69) is 0 Å². The smallest absolute Gasteiger partial charge is 0.339 e. The van der Waals surface area contributed by atoms with E-state index in [0.717, 1.165) is 0 Å². The van der Waals surface area contributed by atoms with Crippen LogP contribution in [0.25, 0.3) is 0 Å². The number of carboxylic acids is 1. The third-order valence-electron chi connectivity index (χ3n) is 2.05. The number of hydrogen-bond acceptors (Lipinski definition) is 4. The zero-order valence-electron chi connectivity index (χ0n) is 9.98. The Balaban J connectivity index is 3.09. The van der Waals surface area contributed by atoms with Crippen LogP contribution in [0.4, 0.5) is 5.69 Å². The predicted molar refractivity (Wildman–Crippen MR) is 62.9 cm³/mol. The van der Waals surface area contributed by atoms with Crippen molar-refractivity contribution < 1.29 is 19.4 Å². The van der Waals surface area contributed by atoms with Crippen molar-refractivity contribution in [3.05, 3.63) is 23.8 Å². The second-order valence-electron chi connectivity index (χ2n) is 4.70. The van der Waals surface area contributed by atoms with E-state index < -0.39 is 17.4 Å². The maximum atomic E-state index is 11.7.